The van der Waals surface area contributed by atoms with Gasteiger partial charge in [-0.2, -0.15) is 0 Å². The molecule has 0 spiro atoms. The van der Waals surface area contributed by atoms with Crippen molar-refractivity contribution in [2.75, 3.05) is 26.2 Å². The minimum Gasteiger partial charge on any atom is -0.459 e. The molecule has 0 aliphatic carbocycles. The van der Waals surface area contributed by atoms with Gasteiger partial charge in [-0.25, -0.2) is 0 Å². The standard InChI is InChI=1S/C14H17N3O3/c1-11-12(9-15-20-11)10-16-4-6-17(7-5-16)14(18)13-3-2-8-19-13/h2-3,8-9H,4-7,10H2,1H3. The molecular formula is C14H17N3O3. The van der Waals surface area contributed by atoms with Crippen LogP contribution in [0.15, 0.2) is 33.5 Å². The number of carbonyl (C=O) groups excluding carboxylic acids is 1. The van der Waals surface area contributed by atoms with Crippen LogP contribution in [-0.4, -0.2) is 47.0 Å². The predicted octanol–water partition coefficient (Wildman–Crippen LogP) is 1.53. The van der Waals surface area contributed by atoms with Gasteiger partial charge in [0.1, 0.15) is 5.76 Å². The number of piperazine rings is 1. The first-order valence-corrected chi connectivity index (χ1v) is 6.69. The van der Waals surface area contributed by atoms with Crippen LogP contribution in [0.3, 0.4) is 0 Å². The van der Waals surface area contributed by atoms with Crippen LogP contribution in [0.4, 0.5) is 0 Å². The van der Waals surface area contributed by atoms with Crippen molar-refractivity contribution in [1.82, 2.24) is 15.0 Å². The minimum atomic E-state index is -0.0317. The number of hydrogen-bond acceptors (Lipinski definition) is 5. The molecule has 6 heteroatoms. The molecule has 0 radical (unpaired) electrons. The molecule has 0 saturated carbocycles. The Balaban J connectivity index is 1.55. The first-order chi connectivity index (χ1) is 9.74. The van der Waals surface area contributed by atoms with E-state index in [4.69, 9.17) is 8.94 Å². The second-order valence-electron chi connectivity index (χ2n) is 4.95. The van der Waals surface area contributed by atoms with Crippen molar-refractivity contribution >= 4 is 5.91 Å². The summed E-state index contributed by atoms with van der Waals surface area (Å²) in [5.41, 5.74) is 1.11. The number of aryl methyl sites for hydroxylation is 1. The van der Waals surface area contributed by atoms with E-state index in [9.17, 15) is 4.79 Å². The Kier molecular flexibility index (Phi) is 3.56. The Hall–Kier alpha value is -2.08. The quantitative estimate of drug-likeness (QED) is 0.850. The van der Waals surface area contributed by atoms with Gasteiger partial charge in [0, 0.05) is 38.3 Å². The highest BCUT2D eigenvalue weighted by molar-refractivity contribution is 5.91. The number of nitrogens with zero attached hydrogens (tertiary/aromatic N) is 3. The highest BCUT2D eigenvalue weighted by atomic mass is 16.5. The third-order valence-corrected chi connectivity index (χ3v) is 3.64. The second-order valence-corrected chi connectivity index (χ2v) is 4.95. The van der Waals surface area contributed by atoms with Crippen molar-refractivity contribution in [1.29, 1.82) is 0 Å². The van der Waals surface area contributed by atoms with Crippen molar-refractivity contribution in [3.8, 4) is 0 Å². The van der Waals surface area contributed by atoms with E-state index < -0.39 is 0 Å². The normalized spacial score (nSPS) is 16.6. The summed E-state index contributed by atoms with van der Waals surface area (Å²) < 4.78 is 10.2. The van der Waals surface area contributed by atoms with Gasteiger partial charge >= 0.3 is 0 Å². The lowest BCUT2D eigenvalue weighted by atomic mass is 10.2. The molecule has 0 bridgehead atoms. The van der Waals surface area contributed by atoms with E-state index in [2.05, 4.69) is 10.1 Å². The van der Waals surface area contributed by atoms with E-state index in [0.29, 0.717) is 18.8 Å². The van der Waals surface area contributed by atoms with Gasteiger partial charge < -0.3 is 13.8 Å². The van der Waals surface area contributed by atoms with E-state index in [1.54, 1.807) is 18.3 Å². The highest BCUT2D eigenvalue weighted by Gasteiger charge is 2.24. The molecule has 1 saturated heterocycles. The van der Waals surface area contributed by atoms with Gasteiger partial charge in [-0.15, -0.1) is 0 Å². The lowest BCUT2D eigenvalue weighted by Crippen LogP contribution is -2.48. The van der Waals surface area contributed by atoms with Crippen LogP contribution in [0.25, 0.3) is 0 Å². The molecule has 2 aromatic heterocycles. The molecule has 106 valence electrons. The van der Waals surface area contributed by atoms with Crippen LogP contribution in [-0.2, 0) is 6.54 Å². The molecule has 0 unspecified atom stereocenters. The zero-order valence-electron chi connectivity index (χ0n) is 11.4. The molecule has 1 aliphatic rings. The molecule has 1 amide bonds. The highest BCUT2D eigenvalue weighted by Crippen LogP contribution is 2.13. The van der Waals surface area contributed by atoms with E-state index >= 15 is 0 Å². The lowest BCUT2D eigenvalue weighted by Gasteiger charge is -2.34. The topological polar surface area (TPSA) is 62.7 Å². The first kappa shape index (κ1) is 12.9. The minimum absolute atomic E-state index is 0.0317. The number of aromatic nitrogens is 1. The lowest BCUT2D eigenvalue weighted by molar-refractivity contribution is 0.0597. The maximum atomic E-state index is 12.1. The number of furan rings is 1. The number of hydrogen-bond donors (Lipinski definition) is 0. The van der Waals surface area contributed by atoms with E-state index in [1.165, 1.54) is 6.26 Å². The van der Waals surface area contributed by atoms with E-state index in [-0.39, 0.29) is 5.91 Å². The average molecular weight is 275 g/mol. The van der Waals surface area contributed by atoms with Gasteiger partial charge in [0.25, 0.3) is 5.91 Å². The fourth-order valence-corrected chi connectivity index (χ4v) is 2.38. The Morgan fingerprint density at radius 3 is 2.75 bits per heavy atom. The SMILES string of the molecule is Cc1oncc1CN1CCN(C(=O)c2ccco2)CC1. The van der Waals surface area contributed by atoms with Crippen molar-refractivity contribution < 1.29 is 13.7 Å². The van der Waals surface area contributed by atoms with Crippen molar-refractivity contribution in [3.05, 3.63) is 41.7 Å². The van der Waals surface area contributed by atoms with Crippen LogP contribution < -0.4 is 0 Å². The molecule has 0 atom stereocenters. The van der Waals surface area contributed by atoms with Crippen molar-refractivity contribution in [2.24, 2.45) is 0 Å². The maximum absolute atomic E-state index is 12.1. The molecular weight excluding hydrogens is 258 g/mol. The van der Waals surface area contributed by atoms with Gasteiger partial charge in [0.2, 0.25) is 0 Å². The molecule has 1 fully saturated rings. The van der Waals surface area contributed by atoms with Crippen LogP contribution in [0, 0.1) is 6.92 Å². The molecule has 1 aliphatic heterocycles. The first-order valence-electron chi connectivity index (χ1n) is 6.69. The molecule has 0 N–H and O–H groups in total. The Labute approximate surface area is 116 Å². The number of amides is 1. The van der Waals surface area contributed by atoms with Gasteiger partial charge in [-0.05, 0) is 19.1 Å². The molecule has 3 heterocycles. The summed E-state index contributed by atoms with van der Waals surface area (Å²) in [4.78, 5) is 16.3. The molecule has 6 nitrogen and oxygen atoms in total. The summed E-state index contributed by atoms with van der Waals surface area (Å²) >= 11 is 0. The largest absolute Gasteiger partial charge is 0.459 e. The van der Waals surface area contributed by atoms with E-state index in [0.717, 1.165) is 31.0 Å². The smallest absolute Gasteiger partial charge is 0.289 e. The van der Waals surface area contributed by atoms with Crippen LogP contribution >= 0.6 is 0 Å². The van der Waals surface area contributed by atoms with Crippen LogP contribution in [0.2, 0.25) is 0 Å². The third kappa shape index (κ3) is 2.60. The third-order valence-electron chi connectivity index (χ3n) is 3.64. The summed E-state index contributed by atoms with van der Waals surface area (Å²) in [6.45, 7) is 5.85. The monoisotopic (exact) mass is 275 g/mol. The fraction of sp³-hybridized carbons (Fsp3) is 0.429. The summed E-state index contributed by atoms with van der Waals surface area (Å²) in [5.74, 6) is 1.24. The van der Waals surface area contributed by atoms with Gasteiger partial charge in [-0.1, -0.05) is 5.16 Å². The number of carbonyl (C=O) groups is 1. The average Bonchev–Trinajstić information content (AvgIpc) is 3.12. The molecule has 0 aromatic carbocycles. The summed E-state index contributed by atoms with van der Waals surface area (Å²) in [6, 6.07) is 3.44. The summed E-state index contributed by atoms with van der Waals surface area (Å²) in [6.07, 6.45) is 3.29. The van der Waals surface area contributed by atoms with Gasteiger partial charge in [-0.3, -0.25) is 9.69 Å². The van der Waals surface area contributed by atoms with Gasteiger partial charge in [0.05, 0.1) is 12.5 Å². The molecule has 20 heavy (non-hydrogen) atoms. The Morgan fingerprint density at radius 1 is 1.35 bits per heavy atom. The molecule has 3 rings (SSSR count). The van der Waals surface area contributed by atoms with Crippen molar-refractivity contribution in [2.45, 2.75) is 13.5 Å². The summed E-state index contributed by atoms with van der Waals surface area (Å²) in [5, 5.41) is 3.79. The zero-order chi connectivity index (χ0) is 13.9. The predicted molar refractivity (Wildman–Crippen MR) is 71.1 cm³/mol. The number of rotatable bonds is 3. The maximum Gasteiger partial charge on any atom is 0.289 e. The van der Waals surface area contributed by atoms with Gasteiger partial charge in [0.15, 0.2) is 5.76 Å². The second kappa shape index (κ2) is 5.50. The Bertz CT molecular complexity index is 568. The summed E-state index contributed by atoms with van der Waals surface area (Å²) in [7, 11) is 0. The molecule has 2 aromatic rings. The van der Waals surface area contributed by atoms with E-state index in [1.807, 2.05) is 11.8 Å². The fourth-order valence-electron chi connectivity index (χ4n) is 2.38. The van der Waals surface area contributed by atoms with Crippen LogP contribution in [0.5, 0.6) is 0 Å². The van der Waals surface area contributed by atoms with Crippen LogP contribution in [0.1, 0.15) is 21.9 Å². The Morgan fingerprint density at radius 2 is 2.15 bits per heavy atom. The van der Waals surface area contributed by atoms with Crippen molar-refractivity contribution in [3.63, 3.8) is 0 Å². The zero-order valence-corrected chi connectivity index (χ0v) is 11.4.